The van der Waals surface area contributed by atoms with Crippen molar-refractivity contribution in [1.82, 2.24) is 5.32 Å². The molecule has 7 heteroatoms. The van der Waals surface area contributed by atoms with E-state index in [2.05, 4.69) is 5.32 Å². The number of carboxylic acid groups (broad SMARTS) is 1. The Hall–Kier alpha value is -2.73. The third-order valence-corrected chi connectivity index (χ3v) is 4.61. The van der Waals surface area contributed by atoms with Gasteiger partial charge in [0.05, 0.1) is 12.7 Å². The Kier molecular flexibility index (Phi) is 8.99. The van der Waals surface area contributed by atoms with Crippen LogP contribution >= 0.6 is 24.0 Å². The lowest BCUT2D eigenvalue weighted by molar-refractivity contribution is 0.0697. The molecule has 0 atom stereocenters. The van der Waals surface area contributed by atoms with Crippen molar-refractivity contribution in [2.24, 2.45) is 0 Å². The van der Waals surface area contributed by atoms with Crippen LogP contribution in [0.25, 0.3) is 0 Å². The summed E-state index contributed by atoms with van der Waals surface area (Å²) in [5.41, 5.74) is 3.34. The van der Waals surface area contributed by atoms with Crippen molar-refractivity contribution in [2.45, 2.75) is 19.7 Å². The predicted molar refractivity (Wildman–Crippen MR) is 120 cm³/mol. The van der Waals surface area contributed by atoms with Gasteiger partial charge in [-0.1, -0.05) is 41.9 Å². The van der Waals surface area contributed by atoms with Gasteiger partial charge in [0, 0.05) is 18.1 Å². The molecule has 0 amide bonds. The highest BCUT2D eigenvalue weighted by Crippen LogP contribution is 2.29. The molecule has 0 spiro atoms. The van der Waals surface area contributed by atoms with Gasteiger partial charge in [0.15, 0.2) is 11.5 Å². The van der Waals surface area contributed by atoms with E-state index in [0.29, 0.717) is 36.2 Å². The maximum absolute atomic E-state index is 10.9. The highest BCUT2D eigenvalue weighted by atomic mass is 35.5. The summed E-state index contributed by atoms with van der Waals surface area (Å²) in [5, 5.41) is 13.0. The van der Waals surface area contributed by atoms with Gasteiger partial charge < -0.3 is 19.9 Å². The number of ether oxygens (including phenoxy) is 2. The van der Waals surface area contributed by atoms with E-state index >= 15 is 0 Å². The Labute approximate surface area is 187 Å². The molecule has 2 N–H and O–H groups in total. The quantitative estimate of drug-likeness (QED) is 0.463. The second-order valence-electron chi connectivity index (χ2n) is 6.51. The summed E-state index contributed by atoms with van der Waals surface area (Å²) in [6, 6.07) is 20.2. The van der Waals surface area contributed by atoms with Crippen LogP contribution in [0.5, 0.6) is 11.5 Å². The Morgan fingerprint density at radius 1 is 0.933 bits per heavy atom. The van der Waals surface area contributed by atoms with Crippen LogP contribution in [-0.4, -0.2) is 18.2 Å². The molecule has 0 aromatic heterocycles. The van der Waals surface area contributed by atoms with E-state index in [-0.39, 0.29) is 18.0 Å². The predicted octanol–water partition coefficient (Wildman–Crippen LogP) is 5.34. The minimum atomic E-state index is -0.922. The maximum Gasteiger partial charge on any atom is 0.335 e. The number of methoxy groups -OCH3 is 1. The van der Waals surface area contributed by atoms with Crippen LogP contribution in [0.15, 0.2) is 66.7 Å². The van der Waals surface area contributed by atoms with Gasteiger partial charge in [-0.3, -0.25) is 0 Å². The van der Waals surface area contributed by atoms with Gasteiger partial charge in [0.1, 0.15) is 6.61 Å². The lowest BCUT2D eigenvalue weighted by Crippen LogP contribution is -2.13. The molecule has 0 radical (unpaired) electrons. The zero-order valence-corrected chi connectivity index (χ0v) is 18.0. The van der Waals surface area contributed by atoms with E-state index in [4.69, 9.17) is 26.2 Å². The molecule has 0 unspecified atom stereocenters. The van der Waals surface area contributed by atoms with Crippen LogP contribution in [0.2, 0.25) is 5.02 Å². The number of rotatable bonds is 9. The number of carboxylic acids is 1. The summed E-state index contributed by atoms with van der Waals surface area (Å²) >= 11 is 6.01. The first kappa shape index (κ1) is 23.5. The molecule has 5 nitrogen and oxygen atoms in total. The summed E-state index contributed by atoms with van der Waals surface area (Å²) in [4.78, 5) is 10.9. The first-order valence-electron chi connectivity index (χ1n) is 9.12. The summed E-state index contributed by atoms with van der Waals surface area (Å²) in [6.07, 6.45) is 0. The Bertz CT molecular complexity index is 977. The fourth-order valence-corrected chi connectivity index (χ4v) is 3.06. The van der Waals surface area contributed by atoms with E-state index < -0.39 is 5.97 Å². The van der Waals surface area contributed by atoms with Crippen molar-refractivity contribution in [2.75, 3.05) is 7.11 Å². The SMILES string of the molecule is COc1cc(CNCc2ccc(C(=O)O)cc2)ccc1OCc1cccc(Cl)c1.Cl. The van der Waals surface area contributed by atoms with Crippen molar-refractivity contribution < 1.29 is 19.4 Å². The van der Waals surface area contributed by atoms with Crippen LogP contribution < -0.4 is 14.8 Å². The monoisotopic (exact) mass is 447 g/mol. The number of nitrogens with one attached hydrogen (secondary N) is 1. The maximum atomic E-state index is 10.9. The van der Waals surface area contributed by atoms with Crippen LogP contribution in [0.4, 0.5) is 0 Å². The average molecular weight is 448 g/mol. The Morgan fingerprint density at radius 2 is 1.63 bits per heavy atom. The fraction of sp³-hybridized carbons (Fsp3) is 0.174. The normalized spacial score (nSPS) is 10.2. The summed E-state index contributed by atoms with van der Waals surface area (Å²) in [6.45, 7) is 1.68. The second kappa shape index (κ2) is 11.5. The van der Waals surface area contributed by atoms with Crippen LogP contribution in [0, 0.1) is 0 Å². The highest BCUT2D eigenvalue weighted by Gasteiger charge is 2.07. The number of benzene rings is 3. The molecule has 3 aromatic rings. The largest absolute Gasteiger partial charge is 0.493 e. The zero-order chi connectivity index (χ0) is 20.6. The first-order valence-corrected chi connectivity index (χ1v) is 9.50. The topological polar surface area (TPSA) is 67.8 Å². The molecule has 0 saturated carbocycles. The molecule has 3 aromatic carbocycles. The molecule has 0 heterocycles. The van der Waals surface area contributed by atoms with E-state index in [9.17, 15) is 4.79 Å². The number of carbonyl (C=O) groups is 1. The van der Waals surface area contributed by atoms with Crippen LogP contribution in [0.1, 0.15) is 27.0 Å². The molecule has 158 valence electrons. The lowest BCUT2D eigenvalue weighted by atomic mass is 10.1. The zero-order valence-electron chi connectivity index (χ0n) is 16.4. The highest BCUT2D eigenvalue weighted by molar-refractivity contribution is 6.30. The number of hydrogen-bond acceptors (Lipinski definition) is 4. The lowest BCUT2D eigenvalue weighted by Gasteiger charge is -2.13. The second-order valence-corrected chi connectivity index (χ2v) is 6.95. The number of hydrogen-bond donors (Lipinski definition) is 2. The van der Waals surface area contributed by atoms with Gasteiger partial charge in [-0.25, -0.2) is 4.79 Å². The van der Waals surface area contributed by atoms with Gasteiger partial charge in [-0.05, 0) is 53.1 Å². The number of aromatic carboxylic acids is 1. The van der Waals surface area contributed by atoms with E-state index in [1.165, 1.54) is 0 Å². The molecule has 0 bridgehead atoms. The van der Waals surface area contributed by atoms with Crippen molar-refractivity contribution >= 4 is 30.0 Å². The van der Waals surface area contributed by atoms with E-state index in [0.717, 1.165) is 16.7 Å². The molecule has 0 aliphatic carbocycles. The Morgan fingerprint density at radius 3 is 2.30 bits per heavy atom. The van der Waals surface area contributed by atoms with Crippen molar-refractivity contribution in [3.63, 3.8) is 0 Å². The number of halogens is 2. The summed E-state index contributed by atoms with van der Waals surface area (Å²) in [7, 11) is 1.61. The smallest absolute Gasteiger partial charge is 0.335 e. The van der Waals surface area contributed by atoms with Gasteiger partial charge in [0.2, 0.25) is 0 Å². The summed E-state index contributed by atoms with van der Waals surface area (Å²) in [5.74, 6) is 0.409. The molecular weight excluding hydrogens is 425 g/mol. The minimum absolute atomic E-state index is 0. The van der Waals surface area contributed by atoms with Gasteiger partial charge in [0.25, 0.3) is 0 Å². The first-order chi connectivity index (χ1) is 14.0. The van der Waals surface area contributed by atoms with Crippen molar-refractivity contribution in [1.29, 1.82) is 0 Å². The van der Waals surface area contributed by atoms with Gasteiger partial charge >= 0.3 is 5.97 Å². The molecular formula is C23H23Cl2NO4. The third-order valence-electron chi connectivity index (χ3n) is 4.37. The summed E-state index contributed by atoms with van der Waals surface area (Å²) < 4.78 is 11.3. The van der Waals surface area contributed by atoms with E-state index in [1.54, 1.807) is 19.2 Å². The average Bonchev–Trinajstić information content (AvgIpc) is 2.73. The molecule has 30 heavy (non-hydrogen) atoms. The fourth-order valence-electron chi connectivity index (χ4n) is 2.85. The van der Waals surface area contributed by atoms with Crippen LogP contribution in [0.3, 0.4) is 0 Å². The molecule has 0 aliphatic heterocycles. The molecule has 0 fully saturated rings. The standard InChI is InChI=1S/C23H22ClNO4.ClH/c1-28-22-12-17(14-25-13-16-5-8-19(9-6-16)23(26)27)7-10-21(22)29-15-18-3-2-4-20(24)11-18;/h2-12,25H,13-15H2,1H3,(H,26,27);1H. The molecule has 3 rings (SSSR count). The molecule has 0 saturated heterocycles. The van der Waals surface area contributed by atoms with Gasteiger partial charge in [-0.2, -0.15) is 0 Å². The Balaban J connectivity index is 0.00000320. The molecule has 0 aliphatic rings. The van der Waals surface area contributed by atoms with Crippen molar-refractivity contribution in [3.8, 4) is 11.5 Å². The van der Waals surface area contributed by atoms with Crippen molar-refractivity contribution in [3.05, 3.63) is 94.0 Å². The third kappa shape index (κ3) is 6.66. The van der Waals surface area contributed by atoms with E-state index in [1.807, 2.05) is 54.6 Å². The minimum Gasteiger partial charge on any atom is -0.493 e. The van der Waals surface area contributed by atoms with Crippen LogP contribution in [-0.2, 0) is 19.7 Å². The van der Waals surface area contributed by atoms with Gasteiger partial charge in [-0.15, -0.1) is 12.4 Å².